The number of sulfonamides is 1. The maximum Gasteiger partial charge on any atom is 0.253 e. The summed E-state index contributed by atoms with van der Waals surface area (Å²) in [6.07, 6.45) is 5.15. The summed E-state index contributed by atoms with van der Waals surface area (Å²) < 4.78 is 27.3. The van der Waals surface area contributed by atoms with Gasteiger partial charge in [0, 0.05) is 31.7 Å². The van der Waals surface area contributed by atoms with Crippen LogP contribution in [0.5, 0.6) is 0 Å². The van der Waals surface area contributed by atoms with E-state index in [9.17, 15) is 13.2 Å². The average molecular weight is 353 g/mol. The Morgan fingerprint density at radius 1 is 1.12 bits per heavy atom. The third-order valence-electron chi connectivity index (χ3n) is 4.90. The number of carbonyl (C=O) groups is 1. The highest BCUT2D eigenvalue weighted by Gasteiger charge is 2.29. The molecular weight excluding hydrogens is 324 g/mol. The SMILES string of the molecule is CCN(CC)C(=O)c1cccc(S(=O)(=O)N(C)C2CCCCC2)c1. The second-order valence-corrected chi connectivity index (χ2v) is 8.32. The zero-order valence-corrected chi connectivity index (χ0v) is 15.7. The van der Waals surface area contributed by atoms with Crippen molar-refractivity contribution in [3.05, 3.63) is 29.8 Å². The van der Waals surface area contributed by atoms with Crippen LogP contribution in [0.3, 0.4) is 0 Å². The minimum absolute atomic E-state index is 0.0610. The normalized spacial score (nSPS) is 16.3. The fourth-order valence-electron chi connectivity index (χ4n) is 3.29. The van der Waals surface area contributed by atoms with Gasteiger partial charge in [0.15, 0.2) is 0 Å². The molecule has 24 heavy (non-hydrogen) atoms. The summed E-state index contributed by atoms with van der Waals surface area (Å²) in [4.78, 5) is 14.4. The Hall–Kier alpha value is -1.40. The van der Waals surface area contributed by atoms with Gasteiger partial charge in [-0.15, -0.1) is 0 Å². The third kappa shape index (κ3) is 3.98. The van der Waals surface area contributed by atoms with Crippen molar-refractivity contribution in [1.29, 1.82) is 0 Å². The molecule has 1 saturated carbocycles. The second kappa shape index (κ2) is 8.12. The van der Waals surface area contributed by atoms with Crippen LogP contribution in [0, 0.1) is 0 Å². The van der Waals surface area contributed by atoms with Crippen LogP contribution in [-0.4, -0.2) is 49.7 Å². The highest BCUT2D eigenvalue weighted by Crippen LogP contribution is 2.26. The lowest BCUT2D eigenvalue weighted by Crippen LogP contribution is -2.38. The lowest BCUT2D eigenvalue weighted by atomic mass is 9.96. The van der Waals surface area contributed by atoms with Crippen molar-refractivity contribution in [3.63, 3.8) is 0 Å². The molecule has 6 heteroatoms. The summed E-state index contributed by atoms with van der Waals surface area (Å²) in [6, 6.07) is 6.48. The van der Waals surface area contributed by atoms with Crippen molar-refractivity contribution < 1.29 is 13.2 Å². The van der Waals surface area contributed by atoms with E-state index in [0.29, 0.717) is 18.7 Å². The molecule has 1 aromatic rings. The Balaban J connectivity index is 2.27. The van der Waals surface area contributed by atoms with E-state index in [4.69, 9.17) is 0 Å². The summed E-state index contributed by atoms with van der Waals surface area (Å²) in [5.74, 6) is -0.127. The molecule has 1 fully saturated rings. The first-order valence-corrected chi connectivity index (χ1v) is 10.2. The minimum atomic E-state index is -3.57. The molecule has 1 amide bonds. The Morgan fingerprint density at radius 3 is 2.33 bits per heavy atom. The highest BCUT2D eigenvalue weighted by atomic mass is 32.2. The van der Waals surface area contributed by atoms with Crippen molar-refractivity contribution in [2.24, 2.45) is 0 Å². The Morgan fingerprint density at radius 2 is 1.75 bits per heavy atom. The molecule has 0 heterocycles. The third-order valence-corrected chi connectivity index (χ3v) is 6.80. The number of amides is 1. The molecule has 134 valence electrons. The van der Waals surface area contributed by atoms with E-state index >= 15 is 0 Å². The van der Waals surface area contributed by atoms with Crippen molar-refractivity contribution in [2.75, 3.05) is 20.1 Å². The number of benzene rings is 1. The van der Waals surface area contributed by atoms with E-state index in [0.717, 1.165) is 25.7 Å². The van der Waals surface area contributed by atoms with Gasteiger partial charge < -0.3 is 4.90 Å². The maximum atomic E-state index is 12.9. The molecule has 2 rings (SSSR count). The summed E-state index contributed by atoms with van der Waals surface area (Å²) in [6.45, 7) is 5.04. The van der Waals surface area contributed by atoms with Crippen molar-refractivity contribution in [1.82, 2.24) is 9.21 Å². The van der Waals surface area contributed by atoms with Gasteiger partial charge in [0.25, 0.3) is 5.91 Å². The van der Waals surface area contributed by atoms with E-state index in [1.54, 1.807) is 30.1 Å². The average Bonchev–Trinajstić information content (AvgIpc) is 2.62. The number of hydrogen-bond donors (Lipinski definition) is 0. The molecule has 0 aromatic heterocycles. The topological polar surface area (TPSA) is 57.7 Å². The Bertz CT molecular complexity index is 663. The molecule has 5 nitrogen and oxygen atoms in total. The van der Waals surface area contributed by atoms with E-state index < -0.39 is 10.0 Å². The highest BCUT2D eigenvalue weighted by molar-refractivity contribution is 7.89. The van der Waals surface area contributed by atoms with Gasteiger partial charge in [-0.3, -0.25) is 4.79 Å². The Kier molecular flexibility index (Phi) is 6.40. The van der Waals surface area contributed by atoms with Crippen LogP contribution in [0.4, 0.5) is 0 Å². The fourth-order valence-corrected chi connectivity index (χ4v) is 4.75. The second-order valence-electron chi connectivity index (χ2n) is 6.32. The molecule has 0 aliphatic heterocycles. The maximum absolute atomic E-state index is 12.9. The molecule has 1 aliphatic rings. The molecule has 0 radical (unpaired) electrons. The molecule has 0 spiro atoms. The number of carbonyl (C=O) groups excluding carboxylic acids is 1. The zero-order chi connectivity index (χ0) is 17.7. The van der Waals surface area contributed by atoms with Crippen LogP contribution in [0.1, 0.15) is 56.3 Å². The van der Waals surface area contributed by atoms with Gasteiger partial charge in [0.1, 0.15) is 0 Å². The monoisotopic (exact) mass is 352 g/mol. The van der Waals surface area contributed by atoms with Gasteiger partial charge in [-0.2, -0.15) is 4.31 Å². The van der Waals surface area contributed by atoms with Crippen LogP contribution in [0.25, 0.3) is 0 Å². The predicted molar refractivity (Wildman–Crippen MR) is 95.5 cm³/mol. The van der Waals surface area contributed by atoms with Crippen LogP contribution >= 0.6 is 0 Å². The van der Waals surface area contributed by atoms with Crippen molar-refractivity contribution >= 4 is 15.9 Å². The predicted octanol–water partition coefficient (Wildman–Crippen LogP) is 3.12. The molecule has 0 unspecified atom stereocenters. The van der Waals surface area contributed by atoms with E-state index in [2.05, 4.69) is 0 Å². The molecule has 0 saturated heterocycles. The minimum Gasteiger partial charge on any atom is -0.339 e. The lowest BCUT2D eigenvalue weighted by molar-refractivity contribution is 0.0772. The largest absolute Gasteiger partial charge is 0.339 e. The summed E-state index contributed by atoms with van der Waals surface area (Å²) in [5, 5.41) is 0. The molecule has 0 N–H and O–H groups in total. The number of nitrogens with zero attached hydrogens (tertiary/aromatic N) is 2. The van der Waals surface area contributed by atoms with Gasteiger partial charge in [0.05, 0.1) is 4.90 Å². The first-order valence-electron chi connectivity index (χ1n) is 8.79. The lowest BCUT2D eigenvalue weighted by Gasteiger charge is -2.30. The van der Waals surface area contributed by atoms with Gasteiger partial charge in [-0.05, 0) is 44.9 Å². The first-order chi connectivity index (χ1) is 11.4. The van der Waals surface area contributed by atoms with Crippen molar-refractivity contribution in [2.45, 2.75) is 56.9 Å². The van der Waals surface area contributed by atoms with Crippen LogP contribution in [0.2, 0.25) is 0 Å². The van der Waals surface area contributed by atoms with Crippen LogP contribution in [0.15, 0.2) is 29.2 Å². The summed E-state index contributed by atoms with van der Waals surface area (Å²) in [5.41, 5.74) is 0.428. The number of rotatable bonds is 6. The molecule has 1 aliphatic carbocycles. The van der Waals surface area contributed by atoms with Crippen LogP contribution in [-0.2, 0) is 10.0 Å². The van der Waals surface area contributed by atoms with Gasteiger partial charge >= 0.3 is 0 Å². The quantitative estimate of drug-likeness (QED) is 0.790. The molecular formula is C18H28N2O3S. The molecule has 0 atom stereocenters. The van der Waals surface area contributed by atoms with E-state index in [1.807, 2.05) is 13.8 Å². The van der Waals surface area contributed by atoms with Gasteiger partial charge in [-0.25, -0.2) is 8.42 Å². The standard InChI is InChI=1S/C18H28N2O3S/c1-4-20(5-2)18(21)15-10-9-13-17(14-15)24(22,23)19(3)16-11-7-6-8-12-16/h9-10,13-14,16H,4-8,11-12H2,1-3H3. The van der Waals surface area contributed by atoms with Gasteiger partial charge in [0.2, 0.25) is 10.0 Å². The Labute approximate surface area is 145 Å². The first kappa shape index (κ1) is 18.9. The van der Waals surface area contributed by atoms with Crippen LogP contribution < -0.4 is 0 Å². The van der Waals surface area contributed by atoms with E-state index in [1.165, 1.54) is 16.8 Å². The van der Waals surface area contributed by atoms with E-state index in [-0.39, 0.29) is 16.8 Å². The molecule has 1 aromatic carbocycles. The van der Waals surface area contributed by atoms with Crippen molar-refractivity contribution in [3.8, 4) is 0 Å². The van der Waals surface area contributed by atoms with Gasteiger partial charge in [-0.1, -0.05) is 25.3 Å². The zero-order valence-electron chi connectivity index (χ0n) is 14.9. The number of hydrogen-bond acceptors (Lipinski definition) is 3. The smallest absolute Gasteiger partial charge is 0.253 e. The molecule has 0 bridgehead atoms. The fraction of sp³-hybridized carbons (Fsp3) is 0.611. The summed E-state index contributed by atoms with van der Waals surface area (Å²) in [7, 11) is -1.91. The summed E-state index contributed by atoms with van der Waals surface area (Å²) >= 11 is 0.